The van der Waals surface area contributed by atoms with Gasteiger partial charge in [0.25, 0.3) is 5.91 Å². The van der Waals surface area contributed by atoms with Gasteiger partial charge in [0.15, 0.2) is 22.5 Å². The average molecular weight is 528 g/mol. The molecule has 4 aliphatic rings. The number of thiol groups is 1. The Bertz CT molecular complexity index is 1310. The third-order valence-corrected chi connectivity index (χ3v) is 8.76. The molecule has 4 atom stereocenters. The van der Waals surface area contributed by atoms with Crippen LogP contribution in [0.2, 0.25) is 0 Å². The standard InChI is InChI=1S/C26H24F3N5O2S/c27-26(28,29)20-11-19(13-31-21(20)12-30)33-23(36)25(8-7-22(25)35)34(24(33)37)18-5-1-14(2-6-18)15-9-16-3-4-17(10-15)32-16/h1-2,5-6,11,13,15-17,24,32,37H,3-4,7-10H2. The smallest absolute Gasteiger partial charge is 0.321 e. The first-order valence-electron chi connectivity index (χ1n) is 12.3. The van der Waals surface area contributed by atoms with Crippen LogP contribution >= 0.6 is 12.6 Å². The van der Waals surface area contributed by atoms with E-state index in [0.29, 0.717) is 23.7 Å². The zero-order valence-corrected chi connectivity index (χ0v) is 20.6. The molecule has 4 heterocycles. The molecule has 4 unspecified atom stereocenters. The van der Waals surface area contributed by atoms with Crippen LogP contribution in [0.4, 0.5) is 24.5 Å². The quantitative estimate of drug-likeness (QED) is 0.461. The van der Waals surface area contributed by atoms with Crippen LogP contribution in [0.15, 0.2) is 36.5 Å². The molecule has 7 nitrogen and oxygen atoms in total. The summed E-state index contributed by atoms with van der Waals surface area (Å²) in [7, 11) is 0. The zero-order valence-electron chi connectivity index (χ0n) is 19.7. The number of pyridine rings is 1. The maximum Gasteiger partial charge on any atom is 0.419 e. The van der Waals surface area contributed by atoms with Gasteiger partial charge in [0, 0.05) is 24.2 Å². The van der Waals surface area contributed by atoms with Gasteiger partial charge in [-0.25, -0.2) is 4.98 Å². The van der Waals surface area contributed by atoms with Crippen LogP contribution in [0, 0.1) is 11.3 Å². The van der Waals surface area contributed by atoms with E-state index in [1.165, 1.54) is 24.5 Å². The molecular formula is C26H24F3N5O2S. The number of hydrogen-bond acceptors (Lipinski definition) is 7. The summed E-state index contributed by atoms with van der Waals surface area (Å²) >= 11 is 4.62. The molecule has 3 aliphatic heterocycles. The van der Waals surface area contributed by atoms with Gasteiger partial charge in [-0.2, -0.15) is 18.4 Å². The Morgan fingerprint density at radius 3 is 2.32 bits per heavy atom. The molecule has 1 aliphatic carbocycles. The van der Waals surface area contributed by atoms with Gasteiger partial charge < -0.3 is 10.2 Å². The number of amides is 1. The van der Waals surface area contributed by atoms with Crippen LogP contribution in [-0.4, -0.2) is 39.8 Å². The third kappa shape index (κ3) is 3.64. The zero-order chi connectivity index (χ0) is 26.1. The normalized spacial score (nSPS) is 31.1. The van der Waals surface area contributed by atoms with E-state index >= 15 is 0 Å². The number of piperidine rings is 1. The maximum atomic E-state index is 13.7. The van der Waals surface area contributed by atoms with Gasteiger partial charge in [-0.05, 0) is 61.8 Å². The van der Waals surface area contributed by atoms with Crippen molar-refractivity contribution in [2.24, 2.45) is 0 Å². The highest BCUT2D eigenvalue weighted by Crippen LogP contribution is 2.49. The number of benzene rings is 1. The predicted octanol–water partition coefficient (Wildman–Crippen LogP) is 4.14. The van der Waals surface area contributed by atoms with Crippen LogP contribution in [0.1, 0.15) is 61.3 Å². The molecule has 4 fully saturated rings. The second kappa shape index (κ2) is 8.46. The van der Waals surface area contributed by atoms with Gasteiger partial charge in [0.05, 0.1) is 17.4 Å². The first-order chi connectivity index (χ1) is 17.6. The molecule has 1 spiro atoms. The molecule has 2 aromatic rings. The molecule has 1 aromatic heterocycles. The molecule has 11 heteroatoms. The molecule has 192 valence electrons. The minimum absolute atomic E-state index is 0.167. The van der Waals surface area contributed by atoms with Crippen molar-refractivity contribution < 1.29 is 22.8 Å². The van der Waals surface area contributed by atoms with E-state index in [-0.39, 0.29) is 24.3 Å². The largest absolute Gasteiger partial charge is 0.419 e. The van der Waals surface area contributed by atoms with Crippen molar-refractivity contribution in [3.63, 3.8) is 0 Å². The van der Waals surface area contributed by atoms with Gasteiger partial charge >= 0.3 is 6.18 Å². The fraction of sp³-hybridized carbons (Fsp3) is 0.462. The van der Waals surface area contributed by atoms with Crippen molar-refractivity contribution in [2.75, 3.05) is 9.80 Å². The number of Topliss-reactive ketones (excluding diaryl/α,β-unsaturated/α-hetero) is 1. The fourth-order valence-corrected chi connectivity index (χ4v) is 6.96. The number of anilines is 2. The minimum atomic E-state index is -4.84. The molecule has 2 bridgehead atoms. The third-order valence-electron chi connectivity index (χ3n) is 8.30. The summed E-state index contributed by atoms with van der Waals surface area (Å²) in [5, 5.41) is 12.7. The average Bonchev–Trinajstić information content (AvgIpc) is 3.34. The number of nitrogens with zero attached hydrogens (tertiary/aromatic N) is 4. The van der Waals surface area contributed by atoms with Crippen molar-refractivity contribution in [3.8, 4) is 6.07 Å². The van der Waals surface area contributed by atoms with Crippen molar-refractivity contribution in [2.45, 2.75) is 73.7 Å². The topological polar surface area (TPSA) is 89.3 Å². The molecule has 1 N–H and O–H groups in total. The summed E-state index contributed by atoms with van der Waals surface area (Å²) < 4.78 is 40.8. The van der Waals surface area contributed by atoms with Crippen molar-refractivity contribution >= 4 is 35.7 Å². The van der Waals surface area contributed by atoms with Crippen LogP contribution in [-0.2, 0) is 15.8 Å². The lowest BCUT2D eigenvalue weighted by Gasteiger charge is -2.43. The number of carbonyl (C=O) groups excluding carboxylic acids is 2. The number of ketones is 1. The maximum absolute atomic E-state index is 13.7. The fourth-order valence-electron chi connectivity index (χ4n) is 6.40. The molecule has 1 aromatic carbocycles. The number of alkyl halides is 3. The number of hydrogen-bond donors (Lipinski definition) is 2. The Balaban J connectivity index is 1.35. The highest BCUT2D eigenvalue weighted by molar-refractivity contribution is 7.81. The highest BCUT2D eigenvalue weighted by Gasteiger charge is 2.66. The van der Waals surface area contributed by atoms with Gasteiger partial charge in [-0.15, -0.1) is 12.6 Å². The molecular weight excluding hydrogens is 503 g/mol. The van der Waals surface area contributed by atoms with Crippen LogP contribution in [0.3, 0.4) is 0 Å². The lowest BCUT2D eigenvalue weighted by molar-refractivity contribution is -0.140. The lowest BCUT2D eigenvalue weighted by atomic mass is 9.73. The monoisotopic (exact) mass is 527 g/mol. The summed E-state index contributed by atoms with van der Waals surface area (Å²) in [5.41, 5.74) is -2.95. The second-order valence-electron chi connectivity index (χ2n) is 10.3. The molecule has 37 heavy (non-hydrogen) atoms. The highest BCUT2D eigenvalue weighted by atomic mass is 32.1. The van der Waals surface area contributed by atoms with E-state index in [1.54, 1.807) is 4.90 Å². The van der Waals surface area contributed by atoms with E-state index in [2.05, 4.69) is 22.9 Å². The Hall–Kier alpha value is -3.10. The number of fused-ring (bicyclic) bond motifs is 2. The van der Waals surface area contributed by atoms with Crippen LogP contribution in [0.25, 0.3) is 0 Å². The van der Waals surface area contributed by atoms with Crippen molar-refractivity contribution in [1.82, 2.24) is 10.3 Å². The summed E-state index contributed by atoms with van der Waals surface area (Å²) in [6.45, 7) is 0. The summed E-state index contributed by atoms with van der Waals surface area (Å²) in [4.78, 5) is 32.9. The number of rotatable bonds is 3. The Morgan fingerprint density at radius 2 is 1.78 bits per heavy atom. The first-order valence-corrected chi connectivity index (χ1v) is 12.8. The first kappa shape index (κ1) is 24.2. The van der Waals surface area contributed by atoms with E-state index in [0.717, 1.165) is 30.0 Å². The van der Waals surface area contributed by atoms with E-state index in [9.17, 15) is 22.8 Å². The molecule has 1 amide bonds. The second-order valence-corrected chi connectivity index (χ2v) is 10.7. The Labute approximate surface area is 217 Å². The lowest BCUT2D eigenvalue weighted by Crippen LogP contribution is -2.62. The summed E-state index contributed by atoms with van der Waals surface area (Å²) in [5.74, 6) is -0.501. The van der Waals surface area contributed by atoms with Crippen LogP contribution < -0.4 is 15.1 Å². The van der Waals surface area contributed by atoms with Gasteiger partial charge in [-0.3, -0.25) is 14.5 Å². The summed E-state index contributed by atoms with van der Waals surface area (Å²) in [6, 6.07) is 11.0. The van der Waals surface area contributed by atoms with Crippen LogP contribution in [0.5, 0.6) is 0 Å². The number of halogens is 3. The summed E-state index contributed by atoms with van der Waals surface area (Å²) in [6.07, 6.45) is 1.17. The number of carbonyl (C=O) groups is 2. The molecule has 3 saturated heterocycles. The Kier molecular flexibility index (Phi) is 5.55. The molecule has 6 rings (SSSR count). The minimum Gasteiger partial charge on any atom is -0.321 e. The number of nitrogens with one attached hydrogen (secondary N) is 1. The van der Waals surface area contributed by atoms with Crippen molar-refractivity contribution in [3.05, 3.63) is 53.3 Å². The molecule has 0 radical (unpaired) electrons. The van der Waals surface area contributed by atoms with E-state index in [4.69, 9.17) is 5.26 Å². The SMILES string of the molecule is N#Cc1ncc(N2C(=O)C3(CCC3=O)N(c3ccc(C4CC5CCC(C4)N5)cc3)C2S)cc1C(F)(F)F. The molecule has 1 saturated carbocycles. The van der Waals surface area contributed by atoms with Gasteiger partial charge in [-0.1, -0.05) is 12.1 Å². The predicted molar refractivity (Wildman–Crippen MR) is 132 cm³/mol. The van der Waals surface area contributed by atoms with E-state index in [1.807, 2.05) is 24.3 Å². The van der Waals surface area contributed by atoms with Gasteiger partial charge in [0.1, 0.15) is 6.07 Å². The number of aromatic nitrogens is 1. The van der Waals surface area contributed by atoms with E-state index < -0.39 is 34.4 Å². The number of nitriles is 1. The van der Waals surface area contributed by atoms with Crippen molar-refractivity contribution in [1.29, 1.82) is 5.26 Å². The van der Waals surface area contributed by atoms with Gasteiger partial charge in [0.2, 0.25) is 0 Å². The Morgan fingerprint density at radius 1 is 1.11 bits per heavy atom.